The summed E-state index contributed by atoms with van der Waals surface area (Å²) < 4.78 is 28.5. The summed E-state index contributed by atoms with van der Waals surface area (Å²) in [6.07, 6.45) is 2.70. The van der Waals surface area contributed by atoms with Gasteiger partial charge in [0.1, 0.15) is 5.84 Å². The van der Waals surface area contributed by atoms with Gasteiger partial charge in [0.15, 0.2) is 0 Å². The van der Waals surface area contributed by atoms with Gasteiger partial charge in [0, 0.05) is 32.6 Å². The molecule has 0 aromatic heterocycles. The van der Waals surface area contributed by atoms with Crippen molar-refractivity contribution in [3.63, 3.8) is 0 Å². The second-order valence-electron chi connectivity index (χ2n) is 5.07. The summed E-state index contributed by atoms with van der Waals surface area (Å²) in [5, 5.41) is 2.59. The van der Waals surface area contributed by atoms with Crippen molar-refractivity contribution >= 4 is 27.5 Å². The minimum atomic E-state index is -3.70. The van der Waals surface area contributed by atoms with Gasteiger partial charge >= 0.3 is 0 Å². The Morgan fingerprint density at radius 2 is 1.90 bits per heavy atom. The summed E-state index contributed by atoms with van der Waals surface area (Å²) in [6, 6.07) is 6.01. The van der Waals surface area contributed by atoms with Crippen molar-refractivity contribution in [3.05, 3.63) is 24.3 Å². The summed E-state index contributed by atoms with van der Waals surface area (Å²) in [5.74, 6) is 0.405. The van der Waals surface area contributed by atoms with Crippen LogP contribution in [0.4, 0.5) is 5.69 Å². The molecule has 7 heteroatoms. The molecule has 0 radical (unpaired) electrons. The lowest BCUT2D eigenvalue weighted by Gasteiger charge is -2.25. The van der Waals surface area contributed by atoms with Crippen LogP contribution in [0.25, 0.3) is 0 Å². The molecule has 0 bridgehead atoms. The predicted octanol–water partition coefficient (Wildman–Crippen LogP) is 1.85. The SMILES string of the molecule is CC(=O)Nc1ccc(S(=O)(=O)/N=C2\CCCCN2C)cc1. The quantitative estimate of drug-likeness (QED) is 0.924. The lowest BCUT2D eigenvalue weighted by Crippen LogP contribution is -2.32. The van der Waals surface area contributed by atoms with Gasteiger partial charge in [-0.1, -0.05) is 0 Å². The molecular formula is C14H19N3O3S. The van der Waals surface area contributed by atoms with E-state index in [4.69, 9.17) is 0 Å². The average Bonchev–Trinajstić information content (AvgIpc) is 2.41. The van der Waals surface area contributed by atoms with E-state index in [2.05, 4.69) is 9.71 Å². The first-order chi connectivity index (χ1) is 9.88. The van der Waals surface area contributed by atoms with Crippen molar-refractivity contribution in [1.82, 2.24) is 4.90 Å². The molecule has 1 saturated heterocycles. The molecule has 0 atom stereocenters. The molecule has 114 valence electrons. The first kappa shape index (κ1) is 15.5. The predicted molar refractivity (Wildman–Crippen MR) is 81.8 cm³/mol. The van der Waals surface area contributed by atoms with Crippen LogP contribution in [-0.4, -0.2) is 38.7 Å². The van der Waals surface area contributed by atoms with E-state index >= 15 is 0 Å². The summed E-state index contributed by atoms with van der Waals surface area (Å²) >= 11 is 0. The number of hydrogen-bond acceptors (Lipinski definition) is 3. The number of anilines is 1. The Kier molecular flexibility index (Phi) is 4.62. The molecule has 1 fully saturated rings. The minimum absolute atomic E-state index is 0.128. The van der Waals surface area contributed by atoms with Crippen LogP contribution >= 0.6 is 0 Å². The van der Waals surface area contributed by atoms with E-state index in [1.54, 1.807) is 12.1 Å². The number of rotatable bonds is 3. The van der Waals surface area contributed by atoms with Gasteiger partial charge in [0.05, 0.1) is 4.90 Å². The van der Waals surface area contributed by atoms with Crippen molar-refractivity contribution in [1.29, 1.82) is 0 Å². The van der Waals surface area contributed by atoms with E-state index < -0.39 is 10.0 Å². The molecule has 1 N–H and O–H groups in total. The normalized spacial score (nSPS) is 17.8. The van der Waals surface area contributed by atoms with Crippen LogP contribution < -0.4 is 5.32 Å². The summed E-state index contributed by atoms with van der Waals surface area (Å²) in [4.78, 5) is 12.9. The van der Waals surface area contributed by atoms with E-state index in [1.807, 2.05) is 11.9 Å². The molecule has 0 aliphatic carbocycles. The number of sulfonamides is 1. The Morgan fingerprint density at radius 3 is 2.48 bits per heavy atom. The van der Waals surface area contributed by atoms with Crippen LogP contribution in [0.5, 0.6) is 0 Å². The number of carbonyl (C=O) groups excluding carboxylic acids is 1. The topological polar surface area (TPSA) is 78.8 Å². The molecule has 0 saturated carbocycles. The molecule has 1 aromatic rings. The number of carbonyl (C=O) groups is 1. The number of piperidine rings is 1. The van der Waals surface area contributed by atoms with Crippen LogP contribution in [0, 0.1) is 0 Å². The fraction of sp³-hybridized carbons (Fsp3) is 0.429. The fourth-order valence-corrected chi connectivity index (χ4v) is 3.27. The highest BCUT2D eigenvalue weighted by Gasteiger charge is 2.18. The molecule has 2 rings (SSSR count). The Balaban J connectivity index is 2.23. The zero-order valence-corrected chi connectivity index (χ0v) is 13.0. The number of likely N-dealkylation sites (tertiary alicyclic amines) is 1. The molecule has 1 aliphatic rings. The van der Waals surface area contributed by atoms with E-state index in [0.29, 0.717) is 17.9 Å². The van der Waals surface area contributed by atoms with Gasteiger partial charge in [0.25, 0.3) is 10.0 Å². The minimum Gasteiger partial charge on any atom is -0.362 e. The highest BCUT2D eigenvalue weighted by atomic mass is 32.2. The van der Waals surface area contributed by atoms with Gasteiger partial charge in [-0.15, -0.1) is 4.40 Å². The average molecular weight is 309 g/mol. The lowest BCUT2D eigenvalue weighted by atomic mass is 10.1. The van der Waals surface area contributed by atoms with E-state index in [0.717, 1.165) is 19.4 Å². The van der Waals surface area contributed by atoms with E-state index in [9.17, 15) is 13.2 Å². The highest BCUT2D eigenvalue weighted by molar-refractivity contribution is 7.90. The van der Waals surface area contributed by atoms with Gasteiger partial charge in [-0.05, 0) is 37.1 Å². The van der Waals surface area contributed by atoms with Gasteiger partial charge in [-0.2, -0.15) is 8.42 Å². The smallest absolute Gasteiger partial charge is 0.283 e. The third-order valence-corrected chi connectivity index (χ3v) is 4.60. The standard InChI is InChI=1S/C14H19N3O3S/c1-11(18)15-12-6-8-13(9-7-12)21(19,20)16-14-5-3-4-10-17(14)2/h6-9H,3-5,10H2,1-2H3,(H,15,18)/b16-14+. The molecule has 1 aliphatic heterocycles. The molecule has 0 spiro atoms. The number of amidine groups is 1. The zero-order chi connectivity index (χ0) is 15.5. The second-order valence-corrected chi connectivity index (χ2v) is 6.67. The summed E-state index contributed by atoms with van der Waals surface area (Å²) in [6.45, 7) is 2.23. The first-order valence-electron chi connectivity index (χ1n) is 6.81. The maximum Gasteiger partial charge on any atom is 0.283 e. The van der Waals surface area contributed by atoms with Crippen molar-refractivity contribution in [2.24, 2.45) is 4.40 Å². The number of benzene rings is 1. The largest absolute Gasteiger partial charge is 0.362 e. The van der Waals surface area contributed by atoms with E-state index in [-0.39, 0.29) is 10.8 Å². The van der Waals surface area contributed by atoms with Crippen LogP contribution in [0.15, 0.2) is 33.6 Å². The second kappa shape index (κ2) is 6.26. The third kappa shape index (κ3) is 4.04. The number of hydrogen-bond donors (Lipinski definition) is 1. The Morgan fingerprint density at radius 1 is 1.24 bits per heavy atom. The van der Waals surface area contributed by atoms with E-state index in [1.165, 1.54) is 19.1 Å². The lowest BCUT2D eigenvalue weighted by molar-refractivity contribution is -0.114. The van der Waals surface area contributed by atoms with Crippen LogP contribution in [-0.2, 0) is 14.8 Å². The summed E-state index contributed by atoms with van der Waals surface area (Å²) in [7, 11) is -1.85. The molecule has 21 heavy (non-hydrogen) atoms. The molecular weight excluding hydrogens is 290 g/mol. The Hall–Kier alpha value is -1.89. The fourth-order valence-electron chi connectivity index (χ4n) is 2.17. The first-order valence-corrected chi connectivity index (χ1v) is 8.25. The monoisotopic (exact) mass is 309 g/mol. The van der Waals surface area contributed by atoms with Gasteiger partial charge in [0.2, 0.25) is 5.91 Å². The van der Waals surface area contributed by atoms with Crippen LogP contribution in [0.1, 0.15) is 26.2 Å². The van der Waals surface area contributed by atoms with Crippen molar-refractivity contribution in [3.8, 4) is 0 Å². The van der Waals surface area contributed by atoms with Crippen molar-refractivity contribution in [2.75, 3.05) is 18.9 Å². The number of nitrogens with one attached hydrogen (secondary N) is 1. The molecule has 0 unspecified atom stereocenters. The Bertz CT molecular complexity index is 651. The van der Waals surface area contributed by atoms with Gasteiger partial charge in [-0.25, -0.2) is 0 Å². The van der Waals surface area contributed by atoms with Crippen LogP contribution in [0.2, 0.25) is 0 Å². The van der Waals surface area contributed by atoms with Gasteiger partial charge < -0.3 is 10.2 Å². The Labute approximate surface area is 124 Å². The number of nitrogens with zero attached hydrogens (tertiary/aromatic N) is 2. The summed E-state index contributed by atoms with van der Waals surface area (Å²) in [5.41, 5.74) is 0.559. The number of amides is 1. The van der Waals surface area contributed by atoms with Crippen molar-refractivity contribution < 1.29 is 13.2 Å². The maximum atomic E-state index is 12.3. The molecule has 1 heterocycles. The van der Waals surface area contributed by atoms with Crippen molar-refractivity contribution in [2.45, 2.75) is 31.1 Å². The third-order valence-electron chi connectivity index (χ3n) is 3.28. The highest BCUT2D eigenvalue weighted by Crippen LogP contribution is 2.19. The molecule has 1 amide bonds. The zero-order valence-electron chi connectivity index (χ0n) is 12.2. The maximum absolute atomic E-state index is 12.3. The van der Waals surface area contributed by atoms with Gasteiger partial charge in [-0.3, -0.25) is 4.79 Å². The molecule has 1 aromatic carbocycles. The molecule has 6 nitrogen and oxygen atoms in total. The van der Waals surface area contributed by atoms with Crippen LogP contribution in [0.3, 0.4) is 0 Å².